The van der Waals surface area contributed by atoms with Crippen LogP contribution in [0.25, 0.3) is 11.1 Å². The SMILES string of the molecule is Cc1cc(-c2ccc(C3CCC(CC(=O)O)CC3)cc2)ccc1N(CC(C)O)C(=O)Nc1ccnnc1. The molecule has 1 atom stereocenters. The van der Waals surface area contributed by atoms with Gasteiger partial charge in [0.25, 0.3) is 0 Å². The molecule has 2 aromatic carbocycles. The van der Waals surface area contributed by atoms with Crippen molar-refractivity contribution in [2.24, 2.45) is 5.92 Å². The van der Waals surface area contributed by atoms with E-state index >= 15 is 0 Å². The second kappa shape index (κ2) is 12.0. The van der Waals surface area contributed by atoms with Gasteiger partial charge in [0.15, 0.2) is 0 Å². The van der Waals surface area contributed by atoms with Gasteiger partial charge in [0, 0.05) is 12.1 Å². The molecule has 1 aliphatic rings. The molecular formula is C29H34N4O4. The largest absolute Gasteiger partial charge is 0.481 e. The van der Waals surface area contributed by atoms with Crippen LogP contribution in [0.3, 0.4) is 0 Å². The number of aliphatic hydroxyl groups excluding tert-OH is 1. The predicted octanol–water partition coefficient (Wildman–Crippen LogP) is 5.62. The maximum Gasteiger partial charge on any atom is 0.326 e. The van der Waals surface area contributed by atoms with Crippen LogP contribution in [0.2, 0.25) is 0 Å². The molecule has 8 nitrogen and oxygen atoms in total. The van der Waals surface area contributed by atoms with Crippen LogP contribution in [-0.4, -0.2) is 45.1 Å². The lowest BCUT2D eigenvalue weighted by molar-refractivity contribution is -0.138. The van der Waals surface area contributed by atoms with Crippen molar-refractivity contribution in [2.75, 3.05) is 16.8 Å². The van der Waals surface area contributed by atoms with Crippen LogP contribution in [0, 0.1) is 12.8 Å². The van der Waals surface area contributed by atoms with Gasteiger partial charge < -0.3 is 15.5 Å². The number of aryl methyl sites for hydroxylation is 1. The van der Waals surface area contributed by atoms with Gasteiger partial charge in [-0.25, -0.2) is 4.79 Å². The van der Waals surface area contributed by atoms with E-state index in [0.717, 1.165) is 48.1 Å². The molecule has 8 heteroatoms. The van der Waals surface area contributed by atoms with Crippen LogP contribution in [-0.2, 0) is 4.79 Å². The molecule has 194 valence electrons. The summed E-state index contributed by atoms with van der Waals surface area (Å²) in [6, 6.07) is 15.9. The molecule has 37 heavy (non-hydrogen) atoms. The van der Waals surface area contributed by atoms with E-state index in [1.807, 2.05) is 19.1 Å². The Bertz CT molecular complexity index is 1210. The number of carboxylic acids is 1. The fraction of sp³-hybridized carbons (Fsp3) is 0.379. The lowest BCUT2D eigenvalue weighted by Gasteiger charge is -2.28. The minimum atomic E-state index is -0.702. The number of hydrogen-bond donors (Lipinski definition) is 3. The monoisotopic (exact) mass is 502 g/mol. The molecule has 1 saturated carbocycles. The highest BCUT2D eigenvalue weighted by atomic mass is 16.4. The van der Waals surface area contributed by atoms with Crippen molar-refractivity contribution in [3.63, 3.8) is 0 Å². The van der Waals surface area contributed by atoms with Gasteiger partial charge in [0.2, 0.25) is 0 Å². The fourth-order valence-corrected chi connectivity index (χ4v) is 5.14. The van der Waals surface area contributed by atoms with Gasteiger partial charge >= 0.3 is 12.0 Å². The van der Waals surface area contributed by atoms with Gasteiger partial charge in [-0.1, -0.05) is 30.3 Å². The number of aromatic nitrogens is 2. The van der Waals surface area contributed by atoms with E-state index in [0.29, 0.717) is 17.5 Å². The Morgan fingerprint density at radius 1 is 1.03 bits per heavy atom. The lowest BCUT2D eigenvalue weighted by atomic mass is 9.77. The number of urea groups is 1. The minimum Gasteiger partial charge on any atom is -0.481 e. The molecule has 1 heterocycles. The van der Waals surface area contributed by atoms with Crippen molar-refractivity contribution < 1.29 is 19.8 Å². The number of carboxylic acid groups (broad SMARTS) is 1. The number of rotatable bonds is 8. The first kappa shape index (κ1) is 26.3. The Labute approximate surface area is 217 Å². The molecule has 0 radical (unpaired) electrons. The van der Waals surface area contributed by atoms with Gasteiger partial charge in [-0.3, -0.25) is 9.69 Å². The van der Waals surface area contributed by atoms with Crippen molar-refractivity contribution in [3.8, 4) is 11.1 Å². The summed E-state index contributed by atoms with van der Waals surface area (Å²) in [6.07, 6.45) is 6.54. The Hall–Kier alpha value is -3.78. The molecule has 3 N–H and O–H groups in total. The summed E-state index contributed by atoms with van der Waals surface area (Å²) in [5, 5.41) is 29.4. The molecular weight excluding hydrogens is 468 g/mol. The topological polar surface area (TPSA) is 116 Å². The highest BCUT2D eigenvalue weighted by Gasteiger charge is 2.24. The van der Waals surface area contributed by atoms with Crippen molar-refractivity contribution in [1.29, 1.82) is 0 Å². The second-order valence-corrected chi connectivity index (χ2v) is 9.96. The first-order chi connectivity index (χ1) is 17.8. The van der Waals surface area contributed by atoms with Gasteiger partial charge in [0.05, 0.1) is 30.7 Å². The molecule has 1 aliphatic carbocycles. The van der Waals surface area contributed by atoms with Gasteiger partial charge in [-0.2, -0.15) is 10.2 Å². The van der Waals surface area contributed by atoms with E-state index in [1.54, 1.807) is 13.0 Å². The zero-order chi connectivity index (χ0) is 26.4. The lowest BCUT2D eigenvalue weighted by Crippen LogP contribution is -2.40. The summed E-state index contributed by atoms with van der Waals surface area (Å²) >= 11 is 0. The van der Waals surface area contributed by atoms with Crippen LogP contribution in [0.15, 0.2) is 60.9 Å². The quantitative estimate of drug-likeness (QED) is 0.368. The molecule has 1 aromatic heterocycles. The van der Waals surface area contributed by atoms with Crippen LogP contribution in [0.4, 0.5) is 16.2 Å². The average molecular weight is 503 g/mol. The van der Waals surface area contributed by atoms with E-state index in [9.17, 15) is 14.7 Å². The van der Waals surface area contributed by atoms with Crippen LogP contribution < -0.4 is 10.2 Å². The van der Waals surface area contributed by atoms with Crippen LogP contribution in [0.1, 0.15) is 56.1 Å². The summed E-state index contributed by atoms with van der Waals surface area (Å²) in [6.45, 7) is 3.76. The third-order valence-corrected chi connectivity index (χ3v) is 7.04. The molecule has 0 saturated heterocycles. The molecule has 3 aromatic rings. The summed E-state index contributed by atoms with van der Waals surface area (Å²) < 4.78 is 0. The molecule has 0 spiro atoms. The standard InChI is InChI=1S/C29H34N4O4/c1-19-15-25(24-9-7-23(8-10-24)22-5-3-21(4-6-22)16-28(35)36)11-12-27(19)33(18-20(2)34)29(37)32-26-13-14-30-31-17-26/h7-15,17,20-22,34H,3-6,16,18H2,1-2H3,(H,35,36)(H,30,32,37). The number of hydrogen-bond acceptors (Lipinski definition) is 5. The van der Waals surface area contributed by atoms with Gasteiger partial charge in [-0.05, 0) is 91.8 Å². The zero-order valence-corrected chi connectivity index (χ0v) is 21.3. The van der Waals surface area contributed by atoms with Crippen LogP contribution >= 0.6 is 0 Å². The third kappa shape index (κ3) is 6.92. The molecule has 0 aliphatic heterocycles. The van der Waals surface area contributed by atoms with Crippen LogP contribution in [0.5, 0.6) is 0 Å². The molecule has 1 fully saturated rings. The Morgan fingerprint density at radius 2 is 1.73 bits per heavy atom. The number of anilines is 2. The Morgan fingerprint density at radius 3 is 2.32 bits per heavy atom. The van der Waals surface area contributed by atoms with Crippen molar-refractivity contribution in [2.45, 2.75) is 58.0 Å². The number of carbonyl (C=O) groups is 2. The number of benzene rings is 2. The zero-order valence-electron chi connectivity index (χ0n) is 21.3. The Balaban J connectivity index is 1.47. The molecule has 1 unspecified atom stereocenters. The molecule has 0 bridgehead atoms. The second-order valence-electron chi connectivity index (χ2n) is 9.96. The molecule has 4 rings (SSSR count). The highest BCUT2D eigenvalue weighted by Crippen LogP contribution is 2.38. The van der Waals surface area contributed by atoms with E-state index in [-0.39, 0.29) is 19.0 Å². The normalized spacial score (nSPS) is 18.1. The number of amides is 2. The summed E-state index contributed by atoms with van der Waals surface area (Å²) in [5.74, 6) is 0.0764. The highest BCUT2D eigenvalue weighted by molar-refractivity contribution is 6.02. The van der Waals surface area contributed by atoms with E-state index < -0.39 is 12.1 Å². The van der Waals surface area contributed by atoms with Crippen molar-refractivity contribution in [3.05, 3.63) is 72.1 Å². The summed E-state index contributed by atoms with van der Waals surface area (Å²) in [7, 11) is 0. The van der Waals surface area contributed by atoms with Crippen molar-refractivity contribution in [1.82, 2.24) is 10.2 Å². The van der Waals surface area contributed by atoms with Crippen molar-refractivity contribution >= 4 is 23.4 Å². The Kier molecular flexibility index (Phi) is 8.50. The number of aliphatic hydroxyl groups is 1. The predicted molar refractivity (Wildman–Crippen MR) is 144 cm³/mol. The summed E-state index contributed by atoms with van der Waals surface area (Å²) in [4.78, 5) is 25.6. The fourth-order valence-electron chi connectivity index (χ4n) is 5.14. The van der Waals surface area contributed by atoms with E-state index in [4.69, 9.17) is 5.11 Å². The summed E-state index contributed by atoms with van der Waals surface area (Å²) in [5.41, 5.74) is 5.61. The first-order valence-electron chi connectivity index (χ1n) is 12.8. The van der Waals surface area contributed by atoms with E-state index in [2.05, 4.69) is 45.8 Å². The molecule has 2 amide bonds. The van der Waals surface area contributed by atoms with Gasteiger partial charge in [-0.15, -0.1) is 0 Å². The average Bonchev–Trinajstić information content (AvgIpc) is 2.88. The number of nitrogens with one attached hydrogen (secondary N) is 1. The third-order valence-electron chi connectivity index (χ3n) is 7.04. The maximum atomic E-state index is 13.0. The minimum absolute atomic E-state index is 0.147. The van der Waals surface area contributed by atoms with Gasteiger partial charge in [0.1, 0.15) is 0 Å². The number of nitrogens with zero attached hydrogens (tertiary/aromatic N) is 3. The number of carbonyl (C=O) groups excluding carboxylic acids is 1. The number of aliphatic carboxylic acids is 1. The first-order valence-corrected chi connectivity index (χ1v) is 12.8. The van der Waals surface area contributed by atoms with E-state index in [1.165, 1.54) is 22.9 Å². The smallest absolute Gasteiger partial charge is 0.326 e. The maximum absolute atomic E-state index is 13.0.